The summed E-state index contributed by atoms with van der Waals surface area (Å²) < 4.78 is 0. The Morgan fingerprint density at radius 2 is 2.20 bits per heavy atom. The largest absolute Gasteiger partial charge is 0.314 e. The van der Waals surface area contributed by atoms with Crippen LogP contribution in [-0.4, -0.2) is 36.1 Å². The van der Waals surface area contributed by atoms with Crippen LogP contribution in [0.2, 0.25) is 0 Å². The minimum Gasteiger partial charge on any atom is -0.314 e. The summed E-state index contributed by atoms with van der Waals surface area (Å²) in [6.45, 7) is 7.69. The van der Waals surface area contributed by atoms with Gasteiger partial charge in [0.1, 0.15) is 0 Å². The zero-order chi connectivity index (χ0) is 10.5. The van der Waals surface area contributed by atoms with Gasteiger partial charge in [-0.05, 0) is 18.1 Å². The van der Waals surface area contributed by atoms with Crippen LogP contribution in [-0.2, 0) is 13.0 Å². The maximum atomic E-state index is 4.48. The minimum absolute atomic E-state index is 1.01. The Morgan fingerprint density at radius 3 is 2.93 bits per heavy atom. The van der Waals surface area contributed by atoms with Crippen molar-refractivity contribution in [2.24, 2.45) is 0 Å². The molecule has 0 aliphatic carbocycles. The predicted octanol–water partition coefficient (Wildman–Crippen LogP) is 1.05. The molecule has 0 unspecified atom stereocenters. The summed E-state index contributed by atoms with van der Waals surface area (Å²) in [6, 6.07) is 4.21. The van der Waals surface area contributed by atoms with Crippen LogP contribution in [0.4, 0.5) is 0 Å². The Morgan fingerprint density at radius 1 is 1.40 bits per heavy atom. The molecular weight excluding hydrogens is 186 g/mol. The van der Waals surface area contributed by atoms with Crippen molar-refractivity contribution < 1.29 is 0 Å². The summed E-state index contributed by atoms with van der Waals surface area (Å²) in [4.78, 5) is 6.95. The number of aromatic nitrogens is 1. The smallest absolute Gasteiger partial charge is 0.0575 e. The first-order valence-electron chi connectivity index (χ1n) is 5.76. The second kappa shape index (κ2) is 5.24. The van der Waals surface area contributed by atoms with E-state index in [1.54, 1.807) is 0 Å². The molecule has 1 aliphatic heterocycles. The molecule has 15 heavy (non-hydrogen) atoms. The highest BCUT2D eigenvalue weighted by molar-refractivity contribution is 5.19. The van der Waals surface area contributed by atoms with Crippen LogP contribution in [0.1, 0.15) is 18.2 Å². The molecule has 1 aromatic heterocycles. The summed E-state index contributed by atoms with van der Waals surface area (Å²) in [7, 11) is 0. The third-order valence-electron chi connectivity index (χ3n) is 2.95. The van der Waals surface area contributed by atoms with Gasteiger partial charge in [-0.2, -0.15) is 0 Å². The monoisotopic (exact) mass is 205 g/mol. The van der Waals surface area contributed by atoms with Crippen molar-refractivity contribution in [1.29, 1.82) is 0 Å². The van der Waals surface area contributed by atoms with Gasteiger partial charge in [-0.15, -0.1) is 0 Å². The number of pyridine rings is 1. The van der Waals surface area contributed by atoms with Gasteiger partial charge >= 0.3 is 0 Å². The van der Waals surface area contributed by atoms with Crippen molar-refractivity contribution >= 4 is 0 Å². The van der Waals surface area contributed by atoms with Crippen molar-refractivity contribution in [2.45, 2.75) is 19.9 Å². The first kappa shape index (κ1) is 10.6. The number of hydrogen-bond acceptors (Lipinski definition) is 3. The van der Waals surface area contributed by atoms with Gasteiger partial charge in [0.25, 0.3) is 0 Å². The van der Waals surface area contributed by atoms with Gasteiger partial charge in [0.2, 0.25) is 0 Å². The highest BCUT2D eigenvalue weighted by Gasteiger charge is 2.11. The predicted molar refractivity (Wildman–Crippen MR) is 61.8 cm³/mol. The second-order valence-corrected chi connectivity index (χ2v) is 3.99. The molecule has 3 heteroatoms. The number of aryl methyl sites for hydroxylation is 1. The van der Waals surface area contributed by atoms with E-state index < -0.39 is 0 Å². The average Bonchev–Trinajstić information content (AvgIpc) is 2.31. The first-order valence-corrected chi connectivity index (χ1v) is 5.76. The molecule has 1 fully saturated rings. The molecule has 3 nitrogen and oxygen atoms in total. The summed E-state index contributed by atoms with van der Waals surface area (Å²) in [6.07, 6.45) is 2.98. The highest BCUT2D eigenvalue weighted by atomic mass is 15.2. The maximum Gasteiger partial charge on any atom is 0.0575 e. The van der Waals surface area contributed by atoms with Crippen LogP contribution < -0.4 is 5.32 Å². The van der Waals surface area contributed by atoms with E-state index in [0.29, 0.717) is 0 Å². The highest BCUT2D eigenvalue weighted by Crippen LogP contribution is 2.09. The fourth-order valence-electron chi connectivity index (χ4n) is 2.02. The Kier molecular flexibility index (Phi) is 3.69. The molecule has 0 bridgehead atoms. The molecule has 0 spiro atoms. The number of nitrogens with zero attached hydrogens (tertiary/aromatic N) is 2. The Hall–Kier alpha value is -0.930. The van der Waals surface area contributed by atoms with Gasteiger partial charge in [-0.1, -0.05) is 13.0 Å². The fraction of sp³-hybridized carbons (Fsp3) is 0.583. The van der Waals surface area contributed by atoms with Crippen LogP contribution in [0.3, 0.4) is 0 Å². The van der Waals surface area contributed by atoms with E-state index in [2.05, 4.69) is 28.2 Å². The van der Waals surface area contributed by atoms with E-state index in [1.165, 1.54) is 11.3 Å². The van der Waals surface area contributed by atoms with Crippen LogP contribution >= 0.6 is 0 Å². The van der Waals surface area contributed by atoms with Crippen LogP contribution in [0.25, 0.3) is 0 Å². The second-order valence-electron chi connectivity index (χ2n) is 3.99. The topological polar surface area (TPSA) is 28.2 Å². The normalized spacial score (nSPS) is 17.9. The molecule has 0 aromatic carbocycles. The van der Waals surface area contributed by atoms with E-state index in [-0.39, 0.29) is 0 Å². The van der Waals surface area contributed by atoms with Crippen molar-refractivity contribution in [3.63, 3.8) is 0 Å². The molecule has 0 saturated carbocycles. The standard InChI is InChI=1S/C12H19N3/c1-2-11-4-3-5-14-12(11)10-15-8-6-13-7-9-15/h3-5,13H,2,6-10H2,1H3. The first-order chi connectivity index (χ1) is 7.40. The van der Waals surface area contributed by atoms with E-state index >= 15 is 0 Å². The lowest BCUT2D eigenvalue weighted by molar-refractivity contribution is 0.230. The Labute approximate surface area is 91.5 Å². The molecular formula is C12H19N3. The van der Waals surface area contributed by atoms with E-state index in [1.807, 2.05) is 12.3 Å². The van der Waals surface area contributed by atoms with Gasteiger partial charge in [0.15, 0.2) is 0 Å². The van der Waals surface area contributed by atoms with Gasteiger partial charge in [0.05, 0.1) is 5.69 Å². The van der Waals surface area contributed by atoms with Crippen LogP contribution in [0.5, 0.6) is 0 Å². The molecule has 1 N–H and O–H groups in total. The zero-order valence-electron chi connectivity index (χ0n) is 9.37. The van der Waals surface area contributed by atoms with Gasteiger partial charge in [-0.25, -0.2) is 0 Å². The number of piperazine rings is 1. The lowest BCUT2D eigenvalue weighted by Crippen LogP contribution is -2.43. The molecule has 1 saturated heterocycles. The third-order valence-corrected chi connectivity index (χ3v) is 2.95. The van der Waals surface area contributed by atoms with Gasteiger partial charge in [0, 0.05) is 38.9 Å². The molecule has 1 aliphatic rings. The molecule has 0 radical (unpaired) electrons. The number of hydrogen-bond donors (Lipinski definition) is 1. The minimum atomic E-state index is 1.01. The Balaban J connectivity index is 2.02. The Bertz CT molecular complexity index is 305. The SMILES string of the molecule is CCc1cccnc1CN1CCNCC1. The molecule has 82 valence electrons. The summed E-state index contributed by atoms with van der Waals surface area (Å²) in [5.74, 6) is 0. The lowest BCUT2D eigenvalue weighted by atomic mass is 10.1. The van der Waals surface area contributed by atoms with Crippen molar-refractivity contribution in [2.75, 3.05) is 26.2 Å². The van der Waals surface area contributed by atoms with Crippen LogP contribution in [0.15, 0.2) is 18.3 Å². The molecule has 0 atom stereocenters. The summed E-state index contributed by atoms with van der Waals surface area (Å²) in [5, 5.41) is 3.37. The molecule has 2 heterocycles. The van der Waals surface area contributed by atoms with Gasteiger partial charge in [-0.3, -0.25) is 9.88 Å². The van der Waals surface area contributed by atoms with E-state index in [4.69, 9.17) is 0 Å². The molecule has 0 amide bonds. The summed E-state index contributed by atoms with van der Waals surface area (Å²) in [5.41, 5.74) is 2.64. The van der Waals surface area contributed by atoms with Gasteiger partial charge < -0.3 is 5.32 Å². The molecule has 1 aromatic rings. The average molecular weight is 205 g/mol. The number of rotatable bonds is 3. The van der Waals surface area contributed by atoms with E-state index in [9.17, 15) is 0 Å². The summed E-state index contributed by atoms with van der Waals surface area (Å²) >= 11 is 0. The lowest BCUT2D eigenvalue weighted by Gasteiger charge is -2.27. The quantitative estimate of drug-likeness (QED) is 0.799. The fourth-order valence-corrected chi connectivity index (χ4v) is 2.02. The van der Waals surface area contributed by atoms with Crippen molar-refractivity contribution in [1.82, 2.24) is 15.2 Å². The number of nitrogens with one attached hydrogen (secondary N) is 1. The molecule has 2 rings (SSSR count). The maximum absolute atomic E-state index is 4.48. The van der Waals surface area contributed by atoms with Crippen molar-refractivity contribution in [3.05, 3.63) is 29.6 Å². The third kappa shape index (κ3) is 2.76. The van der Waals surface area contributed by atoms with Crippen molar-refractivity contribution in [3.8, 4) is 0 Å². The van der Waals surface area contributed by atoms with Crippen LogP contribution in [0, 0.1) is 0 Å². The zero-order valence-corrected chi connectivity index (χ0v) is 9.37. The van der Waals surface area contributed by atoms with E-state index in [0.717, 1.165) is 39.1 Å².